The smallest absolute Gasteiger partial charge is 0.0519 e. The summed E-state index contributed by atoms with van der Waals surface area (Å²) in [5.41, 5.74) is -0.230. The molecule has 0 heterocycles. The fraction of sp³-hybridized carbons (Fsp3) is 1.00. The lowest BCUT2D eigenvalue weighted by molar-refractivity contribution is -0.172. The Morgan fingerprint density at radius 1 is 0.720 bits per heavy atom. The molecule has 0 aromatic rings. The van der Waals surface area contributed by atoms with E-state index in [1.807, 2.05) is 0 Å². The minimum atomic E-state index is -0.343. The van der Waals surface area contributed by atoms with Crippen molar-refractivity contribution in [3.8, 4) is 0 Å². The second-order valence-corrected chi connectivity index (χ2v) is 10.7. The summed E-state index contributed by atoms with van der Waals surface area (Å²) in [5, 5.41) is 21.2. The van der Waals surface area contributed by atoms with Gasteiger partial charge in [0, 0.05) is 5.41 Å². The first-order valence-electron chi connectivity index (χ1n) is 10.9. The van der Waals surface area contributed by atoms with Crippen LogP contribution in [0, 0.1) is 39.9 Å². The van der Waals surface area contributed by atoms with Crippen LogP contribution in [0.25, 0.3) is 0 Å². The molecule has 0 aromatic carbocycles. The lowest BCUT2D eigenvalue weighted by Gasteiger charge is -2.61. The van der Waals surface area contributed by atoms with Gasteiger partial charge in [0.1, 0.15) is 0 Å². The van der Waals surface area contributed by atoms with E-state index in [-0.39, 0.29) is 29.5 Å². The predicted octanol–water partition coefficient (Wildman–Crippen LogP) is 5.66. The summed E-state index contributed by atoms with van der Waals surface area (Å²) in [5.74, 6) is 3.12. The zero-order chi connectivity index (χ0) is 18.9. The van der Waals surface area contributed by atoms with Crippen LogP contribution in [0.3, 0.4) is 0 Å². The first-order valence-corrected chi connectivity index (χ1v) is 10.9. The highest BCUT2D eigenvalue weighted by Crippen LogP contribution is 2.63. The van der Waals surface area contributed by atoms with Crippen molar-refractivity contribution < 1.29 is 10.2 Å². The van der Waals surface area contributed by atoms with Gasteiger partial charge in [0.15, 0.2) is 0 Å². The van der Waals surface area contributed by atoms with Crippen LogP contribution >= 0.6 is 0 Å². The molecule has 2 aliphatic rings. The van der Waals surface area contributed by atoms with E-state index in [0.717, 1.165) is 49.4 Å². The van der Waals surface area contributed by atoms with Crippen LogP contribution in [0.1, 0.15) is 92.9 Å². The third kappa shape index (κ3) is 3.68. The van der Waals surface area contributed by atoms with Crippen molar-refractivity contribution in [1.82, 2.24) is 0 Å². The minimum absolute atomic E-state index is 0.0569. The Morgan fingerprint density at radius 2 is 1.00 bits per heavy atom. The van der Waals surface area contributed by atoms with Gasteiger partial charge in [0.25, 0.3) is 0 Å². The SMILES string of the molecule is CC(C)C1CCC(C)(C(CO)(CO)C2(C)CCC(C(C)C)CC2)CC1. The van der Waals surface area contributed by atoms with Crippen molar-refractivity contribution in [2.75, 3.05) is 13.2 Å². The predicted molar refractivity (Wildman–Crippen MR) is 106 cm³/mol. The van der Waals surface area contributed by atoms with Crippen LogP contribution in [-0.4, -0.2) is 23.4 Å². The highest BCUT2D eigenvalue weighted by Gasteiger charge is 2.59. The quantitative estimate of drug-likeness (QED) is 0.647. The molecule has 2 saturated carbocycles. The standard InChI is InChI=1S/C23H44O2/c1-17(2)19-7-11-21(5,12-8-19)23(15-24,16-25)22(6)13-9-20(10-14-22)18(3)4/h17-20,24-25H,7-16H2,1-6H3. The molecule has 0 amide bonds. The maximum absolute atomic E-state index is 10.6. The minimum Gasteiger partial charge on any atom is -0.396 e. The van der Waals surface area contributed by atoms with E-state index in [2.05, 4.69) is 41.5 Å². The highest BCUT2D eigenvalue weighted by atomic mass is 16.3. The Bertz CT molecular complexity index is 370. The van der Waals surface area contributed by atoms with Gasteiger partial charge in [-0.05, 0) is 85.9 Å². The normalized spacial score (nSPS) is 37.7. The van der Waals surface area contributed by atoms with Crippen molar-refractivity contribution in [3.05, 3.63) is 0 Å². The van der Waals surface area contributed by atoms with Gasteiger partial charge in [-0.2, -0.15) is 0 Å². The van der Waals surface area contributed by atoms with Gasteiger partial charge in [-0.25, -0.2) is 0 Å². The van der Waals surface area contributed by atoms with Crippen molar-refractivity contribution in [3.63, 3.8) is 0 Å². The van der Waals surface area contributed by atoms with Crippen LogP contribution in [0.15, 0.2) is 0 Å². The molecule has 0 spiro atoms. The van der Waals surface area contributed by atoms with E-state index in [9.17, 15) is 10.2 Å². The zero-order valence-corrected chi connectivity index (χ0v) is 17.8. The van der Waals surface area contributed by atoms with Crippen molar-refractivity contribution >= 4 is 0 Å². The molecule has 0 atom stereocenters. The van der Waals surface area contributed by atoms with Gasteiger partial charge in [0.05, 0.1) is 13.2 Å². The van der Waals surface area contributed by atoms with Crippen LogP contribution in [-0.2, 0) is 0 Å². The third-order valence-electron chi connectivity index (χ3n) is 9.00. The maximum atomic E-state index is 10.6. The Hall–Kier alpha value is -0.0800. The van der Waals surface area contributed by atoms with Crippen LogP contribution in [0.5, 0.6) is 0 Å². The van der Waals surface area contributed by atoms with E-state index >= 15 is 0 Å². The van der Waals surface area contributed by atoms with E-state index in [1.165, 1.54) is 25.7 Å². The van der Waals surface area contributed by atoms with Gasteiger partial charge < -0.3 is 10.2 Å². The Kier molecular flexibility index (Phi) is 6.69. The third-order valence-corrected chi connectivity index (χ3v) is 9.00. The molecule has 148 valence electrons. The van der Waals surface area contributed by atoms with E-state index in [1.54, 1.807) is 0 Å². The van der Waals surface area contributed by atoms with Crippen LogP contribution < -0.4 is 0 Å². The molecule has 0 aromatic heterocycles. The van der Waals surface area contributed by atoms with Gasteiger partial charge in [-0.1, -0.05) is 41.5 Å². The average molecular weight is 353 g/mol. The molecule has 2 aliphatic carbocycles. The molecule has 0 saturated heterocycles. The topological polar surface area (TPSA) is 40.5 Å². The number of aliphatic hydroxyl groups excluding tert-OH is 2. The lowest BCUT2D eigenvalue weighted by Crippen LogP contribution is -2.58. The van der Waals surface area contributed by atoms with Gasteiger partial charge >= 0.3 is 0 Å². The summed E-state index contributed by atoms with van der Waals surface area (Å²) < 4.78 is 0. The second-order valence-electron chi connectivity index (χ2n) is 10.7. The second kappa shape index (κ2) is 7.89. The molecule has 2 nitrogen and oxygen atoms in total. The van der Waals surface area contributed by atoms with E-state index in [4.69, 9.17) is 0 Å². The van der Waals surface area contributed by atoms with Gasteiger partial charge in [-0.3, -0.25) is 0 Å². The molecule has 0 aliphatic heterocycles. The summed E-state index contributed by atoms with van der Waals surface area (Å²) in [6.07, 6.45) is 9.61. The molecule has 0 bridgehead atoms. The first kappa shape index (κ1) is 21.2. The van der Waals surface area contributed by atoms with Crippen molar-refractivity contribution in [1.29, 1.82) is 0 Å². The van der Waals surface area contributed by atoms with Gasteiger partial charge in [-0.15, -0.1) is 0 Å². The van der Waals surface area contributed by atoms with Crippen LogP contribution in [0.2, 0.25) is 0 Å². The Balaban J connectivity index is 2.23. The number of hydrogen-bond acceptors (Lipinski definition) is 2. The molecule has 0 unspecified atom stereocenters. The van der Waals surface area contributed by atoms with Crippen molar-refractivity contribution in [2.45, 2.75) is 92.9 Å². The summed E-state index contributed by atoms with van der Waals surface area (Å²) in [4.78, 5) is 0. The largest absolute Gasteiger partial charge is 0.396 e. The van der Waals surface area contributed by atoms with Crippen LogP contribution in [0.4, 0.5) is 0 Å². The molecular formula is C23H44O2. The number of rotatable bonds is 6. The summed E-state index contributed by atoms with van der Waals surface area (Å²) in [7, 11) is 0. The molecule has 2 fully saturated rings. The highest BCUT2D eigenvalue weighted by molar-refractivity contribution is 5.07. The van der Waals surface area contributed by atoms with Gasteiger partial charge in [0.2, 0.25) is 0 Å². The van der Waals surface area contributed by atoms with Crippen molar-refractivity contribution in [2.24, 2.45) is 39.9 Å². The fourth-order valence-electron chi connectivity index (χ4n) is 6.39. The van der Waals surface area contributed by atoms with E-state index < -0.39 is 0 Å². The molecule has 2 rings (SSSR count). The number of aliphatic hydroxyl groups is 2. The fourth-order valence-corrected chi connectivity index (χ4v) is 6.39. The summed E-state index contributed by atoms with van der Waals surface area (Å²) in [6, 6.07) is 0. The molecule has 0 radical (unpaired) electrons. The first-order chi connectivity index (χ1) is 11.6. The molecule has 25 heavy (non-hydrogen) atoms. The number of hydrogen-bond donors (Lipinski definition) is 2. The molecular weight excluding hydrogens is 308 g/mol. The Labute approximate surface area is 156 Å². The zero-order valence-electron chi connectivity index (χ0n) is 17.8. The monoisotopic (exact) mass is 352 g/mol. The summed E-state index contributed by atoms with van der Waals surface area (Å²) in [6.45, 7) is 14.4. The lowest BCUT2D eigenvalue weighted by atomic mass is 9.44. The molecule has 2 N–H and O–H groups in total. The molecule has 2 heteroatoms. The average Bonchev–Trinajstić information content (AvgIpc) is 2.56. The Morgan fingerprint density at radius 3 is 1.20 bits per heavy atom. The van der Waals surface area contributed by atoms with E-state index in [0.29, 0.717) is 0 Å². The maximum Gasteiger partial charge on any atom is 0.0519 e. The summed E-state index contributed by atoms with van der Waals surface area (Å²) >= 11 is 0.